The summed E-state index contributed by atoms with van der Waals surface area (Å²) in [5.74, 6) is 0.204. The molecule has 1 rings (SSSR count). The van der Waals surface area contributed by atoms with Crippen LogP contribution in [0.4, 0.5) is 5.69 Å². The third-order valence-corrected chi connectivity index (χ3v) is 2.90. The summed E-state index contributed by atoms with van der Waals surface area (Å²) in [5.41, 5.74) is 1.55. The first-order valence-electron chi connectivity index (χ1n) is 6.31. The van der Waals surface area contributed by atoms with Crippen molar-refractivity contribution < 1.29 is 9.90 Å². The maximum atomic E-state index is 11.4. The van der Waals surface area contributed by atoms with Crippen LogP contribution in [-0.2, 0) is 4.79 Å². The molecule has 1 atom stereocenters. The number of rotatable bonds is 7. The first-order valence-corrected chi connectivity index (χ1v) is 6.84. The third-order valence-electron chi connectivity index (χ3n) is 2.71. The van der Waals surface area contributed by atoms with Crippen LogP contribution in [0.15, 0.2) is 24.3 Å². The van der Waals surface area contributed by atoms with E-state index in [1.807, 2.05) is 24.3 Å². The molecule has 0 bridgehead atoms. The fourth-order valence-electron chi connectivity index (χ4n) is 1.70. The first-order chi connectivity index (χ1) is 8.67. The molecule has 0 saturated heterocycles. The summed E-state index contributed by atoms with van der Waals surface area (Å²) >= 11 is 5.50. The standard InChI is InChI=1S/C14H20ClNO2/c1-2-3-7-13(17)11-5-4-6-12(10-11)16-14(18)8-9-15/h4-6,10,13,17H,2-3,7-9H2,1H3,(H,16,18). The smallest absolute Gasteiger partial charge is 0.225 e. The zero-order chi connectivity index (χ0) is 13.4. The van der Waals surface area contributed by atoms with Gasteiger partial charge in [0.25, 0.3) is 0 Å². The van der Waals surface area contributed by atoms with E-state index in [2.05, 4.69) is 12.2 Å². The number of anilines is 1. The average molecular weight is 270 g/mol. The van der Waals surface area contributed by atoms with Crippen LogP contribution >= 0.6 is 11.6 Å². The summed E-state index contributed by atoms with van der Waals surface area (Å²) < 4.78 is 0. The number of amides is 1. The van der Waals surface area contributed by atoms with Crippen LogP contribution in [0.3, 0.4) is 0 Å². The van der Waals surface area contributed by atoms with E-state index in [0.717, 1.165) is 24.8 Å². The average Bonchev–Trinajstić information content (AvgIpc) is 2.36. The van der Waals surface area contributed by atoms with E-state index in [9.17, 15) is 9.90 Å². The molecule has 0 saturated carbocycles. The van der Waals surface area contributed by atoms with E-state index in [1.54, 1.807) is 0 Å². The lowest BCUT2D eigenvalue weighted by molar-refractivity contribution is -0.115. The summed E-state index contributed by atoms with van der Waals surface area (Å²) in [6.07, 6.45) is 2.63. The number of aliphatic hydroxyl groups excluding tert-OH is 1. The number of halogens is 1. The van der Waals surface area contributed by atoms with Gasteiger partial charge in [-0.3, -0.25) is 4.79 Å². The predicted molar refractivity (Wildman–Crippen MR) is 74.9 cm³/mol. The Bertz CT molecular complexity index is 382. The van der Waals surface area contributed by atoms with Gasteiger partial charge in [0, 0.05) is 18.0 Å². The van der Waals surface area contributed by atoms with Gasteiger partial charge in [-0.1, -0.05) is 31.9 Å². The lowest BCUT2D eigenvalue weighted by Gasteiger charge is -2.12. The van der Waals surface area contributed by atoms with Gasteiger partial charge >= 0.3 is 0 Å². The van der Waals surface area contributed by atoms with E-state index in [1.165, 1.54) is 0 Å². The topological polar surface area (TPSA) is 49.3 Å². The minimum absolute atomic E-state index is 0.106. The third kappa shape index (κ3) is 5.07. The molecule has 0 aromatic heterocycles. The van der Waals surface area contributed by atoms with Crippen molar-refractivity contribution in [2.45, 2.75) is 38.7 Å². The van der Waals surface area contributed by atoms with Crippen molar-refractivity contribution in [3.05, 3.63) is 29.8 Å². The molecular formula is C14H20ClNO2. The molecule has 0 fully saturated rings. The van der Waals surface area contributed by atoms with Crippen LogP contribution < -0.4 is 5.32 Å². The normalized spacial score (nSPS) is 12.2. The molecule has 0 aliphatic heterocycles. The van der Waals surface area contributed by atoms with E-state index >= 15 is 0 Å². The summed E-state index contributed by atoms with van der Waals surface area (Å²) in [6, 6.07) is 7.33. The van der Waals surface area contributed by atoms with Crippen molar-refractivity contribution in [2.75, 3.05) is 11.2 Å². The molecule has 1 unspecified atom stereocenters. The van der Waals surface area contributed by atoms with Gasteiger partial charge in [-0.15, -0.1) is 11.6 Å². The Morgan fingerprint density at radius 2 is 2.28 bits per heavy atom. The van der Waals surface area contributed by atoms with Crippen LogP contribution in [0.2, 0.25) is 0 Å². The fourth-order valence-corrected chi connectivity index (χ4v) is 1.87. The Balaban J connectivity index is 2.63. The summed E-state index contributed by atoms with van der Waals surface area (Å²) in [7, 11) is 0. The molecule has 1 aromatic carbocycles. The van der Waals surface area contributed by atoms with Crippen molar-refractivity contribution in [3.8, 4) is 0 Å². The number of aliphatic hydroxyl groups is 1. The second-order valence-electron chi connectivity index (χ2n) is 4.27. The summed E-state index contributed by atoms with van der Waals surface area (Å²) in [4.78, 5) is 11.4. The van der Waals surface area contributed by atoms with Crippen LogP contribution in [0.5, 0.6) is 0 Å². The number of benzene rings is 1. The first kappa shape index (κ1) is 15.0. The Hall–Kier alpha value is -1.06. The van der Waals surface area contributed by atoms with Gasteiger partial charge in [0.15, 0.2) is 0 Å². The Labute approximate surface area is 113 Å². The van der Waals surface area contributed by atoms with Gasteiger partial charge in [0.05, 0.1) is 6.10 Å². The largest absolute Gasteiger partial charge is 0.388 e. The Morgan fingerprint density at radius 1 is 1.50 bits per heavy atom. The van der Waals surface area contributed by atoms with Crippen molar-refractivity contribution in [1.82, 2.24) is 0 Å². The number of alkyl halides is 1. The van der Waals surface area contributed by atoms with Crippen molar-refractivity contribution in [2.24, 2.45) is 0 Å². The number of hydrogen-bond donors (Lipinski definition) is 2. The maximum absolute atomic E-state index is 11.4. The lowest BCUT2D eigenvalue weighted by atomic mass is 10.0. The van der Waals surface area contributed by atoms with E-state index in [0.29, 0.717) is 18.0 Å². The molecule has 1 amide bonds. The van der Waals surface area contributed by atoms with E-state index < -0.39 is 6.10 Å². The molecule has 0 spiro atoms. The monoisotopic (exact) mass is 269 g/mol. The number of carbonyl (C=O) groups excluding carboxylic acids is 1. The summed E-state index contributed by atoms with van der Waals surface area (Å²) in [6.45, 7) is 2.09. The van der Waals surface area contributed by atoms with E-state index in [-0.39, 0.29) is 5.91 Å². The minimum atomic E-state index is -0.463. The predicted octanol–water partition coefficient (Wildman–Crippen LogP) is 3.48. The highest BCUT2D eigenvalue weighted by Gasteiger charge is 2.08. The molecule has 0 aliphatic rings. The van der Waals surface area contributed by atoms with Gasteiger partial charge in [0.2, 0.25) is 5.91 Å². The van der Waals surface area contributed by atoms with E-state index in [4.69, 9.17) is 11.6 Å². The molecule has 0 radical (unpaired) electrons. The van der Waals surface area contributed by atoms with Gasteiger partial charge in [-0.05, 0) is 24.1 Å². The van der Waals surface area contributed by atoms with Crippen LogP contribution in [0.1, 0.15) is 44.3 Å². The van der Waals surface area contributed by atoms with Crippen LogP contribution in [-0.4, -0.2) is 16.9 Å². The number of nitrogens with one attached hydrogen (secondary N) is 1. The lowest BCUT2D eigenvalue weighted by Crippen LogP contribution is -2.12. The minimum Gasteiger partial charge on any atom is -0.388 e. The number of carbonyl (C=O) groups is 1. The Morgan fingerprint density at radius 3 is 2.94 bits per heavy atom. The molecule has 0 aliphatic carbocycles. The Kier molecular flexibility index (Phi) is 6.76. The fraction of sp³-hybridized carbons (Fsp3) is 0.500. The highest BCUT2D eigenvalue weighted by atomic mass is 35.5. The van der Waals surface area contributed by atoms with Gasteiger partial charge < -0.3 is 10.4 Å². The highest BCUT2D eigenvalue weighted by molar-refractivity contribution is 6.19. The number of unbranched alkanes of at least 4 members (excludes halogenated alkanes) is 1. The summed E-state index contributed by atoms with van der Waals surface area (Å²) in [5, 5.41) is 12.7. The van der Waals surface area contributed by atoms with Crippen LogP contribution in [0, 0.1) is 0 Å². The van der Waals surface area contributed by atoms with Crippen LogP contribution in [0.25, 0.3) is 0 Å². The molecule has 2 N–H and O–H groups in total. The quantitative estimate of drug-likeness (QED) is 0.745. The molecule has 18 heavy (non-hydrogen) atoms. The molecule has 4 heteroatoms. The van der Waals surface area contributed by atoms with Gasteiger partial charge in [-0.25, -0.2) is 0 Å². The van der Waals surface area contributed by atoms with Crippen molar-refractivity contribution in [1.29, 1.82) is 0 Å². The van der Waals surface area contributed by atoms with Crippen molar-refractivity contribution in [3.63, 3.8) is 0 Å². The molecular weight excluding hydrogens is 250 g/mol. The zero-order valence-electron chi connectivity index (χ0n) is 10.7. The molecule has 0 heterocycles. The SMILES string of the molecule is CCCCC(O)c1cccc(NC(=O)CCCl)c1. The number of hydrogen-bond acceptors (Lipinski definition) is 2. The van der Waals surface area contributed by atoms with Crippen molar-refractivity contribution >= 4 is 23.2 Å². The second-order valence-corrected chi connectivity index (χ2v) is 4.65. The highest BCUT2D eigenvalue weighted by Crippen LogP contribution is 2.22. The maximum Gasteiger partial charge on any atom is 0.225 e. The molecule has 100 valence electrons. The zero-order valence-corrected chi connectivity index (χ0v) is 11.4. The van der Waals surface area contributed by atoms with Gasteiger partial charge in [0.1, 0.15) is 0 Å². The van der Waals surface area contributed by atoms with Gasteiger partial charge in [-0.2, -0.15) is 0 Å². The molecule has 3 nitrogen and oxygen atoms in total. The second kappa shape index (κ2) is 8.11. The molecule has 1 aromatic rings.